The molecule has 1 aliphatic rings. The zero-order chi connectivity index (χ0) is 21.7. The fourth-order valence-electron chi connectivity index (χ4n) is 3.83. The number of rotatable bonds is 8. The van der Waals surface area contributed by atoms with Gasteiger partial charge in [-0.05, 0) is 70.2 Å². The molecule has 0 amide bonds. The molecule has 0 saturated heterocycles. The maximum atomic E-state index is 12.2. The molecule has 1 fully saturated rings. The number of ether oxygens (including phenoxy) is 2. The van der Waals surface area contributed by atoms with Crippen molar-refractivity contribution in [2.45, 2.75) is 52.6 Å². The molecule has 7 heteroatoms. The Morgan fingerprint density at radius 2 is 2.00 bits per heavy atom. The van der Waals surface area contributed by atoms with Crippen LogP contribution in [-0.4, -0.2) is 35.8 Å². The number of nitrogens with zero attached hydrogens (tertiary/aromatic N) is 1. The second-order valence-electron chi connectivity index (χ2n) is 8.03. The SMILES string of the molecule is Cc1noc(-c2ccc(OC[C@H]3CCC[C@H](C(=O)OC(C)C)C3)cc2)c1C(=O)C=N. The molecule has 1 aliphatic carbocycles. The van der Waals surface area contributed by atoms with Crippen LogP contribution >= 0.6 is 0 Å². The van der Waals surface area contributed by atoms with Gasteiger partial charge >= 0.3 is 5.97 Å². The van der Waals surface area contributed by atoms with Crippen LogP contribution in [-0.2, 0) is 9.53 Å². The van der Waals surface area contributed by atoms with Gasteiger partial charge in [-0.15, -0.1) is 0 Å². The third kappa shape index (κ3) is 5.14. The summed E-state index contributed by atoms with van der Waals surface area (Å²) in [5, 5.41) is 11.1. The van der Waals surface area contributed by atoms with Gasteiger partial charge < -0.3 is 19.4 Å². The van der Waals surface area contributed by atoms with E-state index < -0.39 is 5.78 Å². The number of carbonyl (C=O) groups excluding carboxylic acids is 2. The minimum atomic E-state index is -0.438. The van der Waals surface area contributed by atoms with Crippen molar-refractivity contribution >= 4 is 18.0 Å². The van der Waals surface area contributed by atoms with Gasteiger partial charge in [0.05, 0.1) is 36.1 Å². The van der Waals surface area contributed by atoms with Crippen molar-refractivity contribution in [1.29, 1.82) is 5.41 Å². The molecule has 0 spiro atoms. The predicted molar refractivity (Wildman–Crippen MR) is 112 cm³/mol. The van der Waals surface area contributed by atoms with Gasteiger partial charge in [-0.3, -0.25) is 9.59 Å². The molecule has 160 valence electrons. The normalized spacial score (nSPS) is 18.8. The van der Waals surface area contributed by atoms with Crippen LogP contribution in [0.3, 0.4) is 0 Å². The van der Waals surface area contributed by atoms with Crippen LogP contribution in [0, 0.1) is 24.2 Å². The summed E-state index contributed by atoms with van der Waals surface area (Å²) in [5.74, 6) is 0.797. The summed E-state index contributed by atoms with van der Waals surface area (Å²) in [6.45, 7) is 5.96. The van der Waals surface area contributed by atoms with Crippen LogP contribution in [0.5, 0.6) is 5.75 Å². The Labute approximate surface area is 176 Å². The summed E-state index contributed by atoms with van der Waals surface area (Å²) in [6, 6.07) is 7.25. The third-order valence-electron chi connectivity index (χ3n) is 5.31. The van der Waals surface area contributed by atoms with Crippen LogP contribution in [0.2, 0.25) is 0 Å². The number of Topliss-reactive ketones (excluding diaryl/α,β-unsaturated/α-hetero) is 1. The first-order valence-corrected chi connectivity index (χ1v) is 10.3. The van der Waals surface area contributed by atoms with E-state index in [0.29, 0.717) is 40.9 Å². The summed E-state index contributed by atoms with van der Waals surface area (Å²) in [4.78, 5) is 24.2. The van der Waals surface area contributed by atoms with Crippen LogP contribution in [0.4, 0.5) is 0 Å². The lowest BCUT2D eigenvalue weighted by atomic mass is 9.82. The Hall–Kier alpha value is -2.96. The topological polar surface area (TPSA) is 102 Å². The van der Waals surface area contributed by atoms with Crippen LogP contribution in [0.25, 0.3) is 11.3 Å². The van der Waals surface area contributed by atoms with E-state index >= 15 is 0 Å². The Morgan fingerprint density at radius 3 is 2.67 bits per heavy atom. The molecular formula is C23H28N2O5. The van der Waals surface area contributed by atoms with Gasteiger partial charge in [0.15, 0.2) is 5.76 Å². The molecule has 1 aromatic carbocycles. The van der Waals surface area contributed by atoms with Crippen molar-refractivity contribution in [1.82, 2.24) is 5.16 Å². The van der Waals surface area contributed by atoms with E-state index in [1.807, 2.05) is 26.0 Å². The van der Waals surface area contributed by atoms with E-state index in [-0.39, 0.29) is 18.0 Å². The number of hydrogen-bond acceptors (Lipinski definition) is 7. The highest BCUT2D eigenvalue weighted by molar-refractivity contribution is 6.36. The number of hydrogen-bond donors (Lipinski definition) is 1. The highest BCUT2D eigenvalue weighted by atomic mass is 16.5. The zero-order valence-electron chi connectivity index (χ0n) is 17.6. The third-order valence-corrected chi connectivity index (χ3v) is 5.31. The van der Waals surface area contributed by atoms with Crippen LogP contribution in [0.15, 0.2) is 28.8 Å². The van der Waals surface area contributed by atoms with E-state index in [1.165, 1.54) is 0 Å². The van der Waals surface area contributed by atoms with Crippen molar-refractivity contribution in [3.63, 3.8) is 0 Å². The van der Waals surface area contributed by atoms with E-state index in [9.17, 15) is 9.59 Å². The molecule has 1 saturated carbocycles. The Kier molecular flexibility index (Phi) is 7.03. The first-order chi connectivity index (χ1) is 14.4. The lowest BCUT2D eigenvalue weighted by Gasteiger charge is -2.28. The summed E-state index contributed by atoms with van der Waals surface area (Å²) in [5.41, 5.74) is 1.46. The Morgan fingerprint density at radius 1 is 1.27 bits per heavy atom. The first-order valence-electron chi connectivity index (χ1n) is 10.3. The van der Waals surface area contributed by atoms with Gasteiger partial charge in [0.1, 0.15) is 5.75 Å². The maximum absolute atomic E-state index is 12.2. The molecule has 0 aliphatic heterocycles. The second-order valence-corrected chi connectivity index (χ2v) is 8.03. The highest BCUT2D eigenvalue weighted by Crippen LogP contribution is 2.32. The summed E-state index contributed by atoms with van der Waals surface area (Å²) in [6.07, 6.45) is 4.38. The van der Waals surface area contributed by atoms with Gasteiger partial charge in [-0.25, -0.2) is 0 Å². The van der Waals surface area contributed by atoms with Gasteiger partial charge in [0.25, 0.3) is 0 Å². The Bertz CT molecular complexity index is 901. The molecule has 1 heterocycles. The number of aryl methyl sites for hydroxylation is 1. The molecule has 30 heavy (non-hydrogen) atoms. The summed E-state index contributed by atoms with van der Waals surface area (Å²) in [7, 11) is 0. The van der Waals surface area contributed by atoms with Crippen LogP contribution < -0.4 is 4.74 Å². The van der Waals surface area contributed by atoms with E-state index in [4.69, 9.17) is 19.4 Å². The van der Waals surface area contributed by atoms with Crippen molar-refractivity contribution in [3.05, 3.63) is 35.5 Å². The zero-order valence-corrected chi connectivity index (χ0v) is 17.6. The van der Waals surface area contributed by atoms with Gasteiger partial charge in [-0.2, -0.15) is 0 Å². The molecule has 0 unspecified atom stereocenters. The van der Waals surface area contributed by atoms with Crippen molar-refractivity contribution in [2.24, 2.45) is 11.8 Å². The number of carbonyl (C=O) groups is 2. The minimum Gasteiger partial charge on any atom is -0.493 e. The van der Waals surface area contributed by atoms with Gasteiger partial charge in [0, 0.05) is 5.56 Å². The molecule has 7 nitrogen and oxygen atoms in total. The number of benzene rings is 1. The van der Waals surface area contributed by atoms with E-state index in [2.05, 4.69) is 5.16 Å². The number of nitrogens with one attached hydrogen (secondary N) is 1. The fourth-order valence-corrected chi connectivity index (χ4v) is 3.83. The second kappa shape index (κ2) is 9.69. The molecular weight excluding hydrogens is 384 g/mol. The smallest absolute Gasteiger partial charge is 0.309 e. The average molecular weight is 412 g/mol. The lowest BCUT2D eigenvalue weighted by molar-refractivity contribution is -0.154. The summed E-state index contributed by atoms with van der Waals surface area (Å²) >= 11 is 0. The monoisotopic (exact) mass is 412 g/mol. The largest absolute Gasteiger partial charge is 0.493 e. The molecule has 2 aromatic rings. The lowest BCUT2D eigenvalue weighted by Crippen LogP contribution is -2.28. The molecule has 0 radical (unpaired) electrons. The average Bonchev–Trinajstić information content (AvgIpc) is 3.13. The molecule has 2 atom stereocenters. The predicted octanol–water partition coefficient (Wildman–Crippen LogP) is 4.62. The van der Waals surface area contributed by atoms with Crippen molar-refractivity contribution in [2.75, 3.05) is 6.61 Å². The van der Waals surface area contributed by atoms with Crippen LogP contribution in [0.1, 0.15) is 55.6 Å². The van der Waals surface area contributed by atoms with E-state index in [0.717, 1.165) is 31.9 Å². The summed E-state index contributed by atoms with van der Waals surface area (Å²) < 4.78 is 16.6. The van der Waals surface area contributed by atoms with Gasteiger partial charge in [-0.1, -0.05) is 11.6 Å². The quantitative estimate of drug-likeness (QED) is 0.386. The molecule has 1 aromatic heterocycles. The number of esters is 1. The van der Waals surface area contributed by atoms with Crippen molar-refractivity contribution < 1.29 is 23.6 Å². The fraction of sp³-hybridized carbons (Fsp3) is 0.478. The molecule has 3 rings (SSSR count). The highest BCUT2D eigenvalue weighted by Gasteiger charge is 2.29. The number of ketones is 1. The first kappa shape index (κ1) is 21.7. The maximum Gasteiger partial charge on any atom is 0.309 e. The van der Waals surface area contributed by atoms with E-state index in [1.54, 1.807) is 19.1 Å². The molecule has 0 bridgehead atoms. The van der Waals surface area contributed by atoms with Gasteiger partial charge in [0.2, 0.25) is 5.78 Å². The minimum absolute atomic E-state index is 0.0448. The standard InChI is InChI=1S/C23H28N2O5/c1-14(2)29-23(27)18-6-4-5-16(11-18)13-28-19-9-7-17(8-10-19)22-21(20(26)12-24)15(3)25-30-22/h7-10,12,14,16,18,24H,4-6,11,13H2,1-3H3/t16-,18-/m0/s1. The van der Waals surface area contributed by atoms with Crippen molar-refractivity contribution in [3.8, 4) is 17.1 Å². The number of aromatic nitrogens is 1. The molecule has 1 N–H and O–H groups in total. The Balaban J connectivity index is 1.60.